The van der Waals surface area contributed by atoms with Gasteiger partial charge >= 0.3 is 12.2 Å². The minimum atomic E-state index is -5.12. The molecule has 0 aliphatic heterocycles. The number of hydrogen-bond donors (Lipinski definition) is 3. The van der Waals surface area contributed by atoms with Gasteiger partial charge in [0.25, 0.3) is 0 Å². The number of aromatic nitrogens is 4. The highest BCUT2D eigenvalue weighted by Crippen LogP contribution is 2.50. The van der Waals surface area contributed by atoms with Crippen LogP contribution in [-0.4, -0.2) is 93.1 Å². The number of halogens is 1. The molecular weight excluding hydrogens is 1010 g/mol. The third kappa shape index (κ3) is 11.3. The Hall–Kier alpha value is -5.56. The van der Waals surface area contributed by atoms with E-state index in [0.29, 0.717) is 33.9 Å². The lowest BCUT2D eigenvalue weighted by Gasteiger charge is -2.55. The van der Waals surface area contributed by atoms with Crippen LogP contribution in [0.1, 0.15) is 58.2 Å². The molecule has 66 heavy (non-hydrogen) atoms. The molecule has 1 unspecified atom stereocenters. The zero-order chi connectivity index (χ0) is 48.8. The van der Waals surface area contributed by atoms with Gasteiger partial charge in [-0.1, -0.05) is 77.9 Å². The molecule has 0 bridgehead atoms. The number of amides is 2. The van der Waals surface area contributed by atoms with Crippen molar-refractivity contribution in [2.45, 2.75) is 82.6 Å². The highest BCUT2D eigenvalue weighted by molar-refractivity contribution is 14.1. The van der Waals surface area contributed by atoms with Gasteiger partial charge in [0.05, 0.1) is 39.5 Å². The Morgan fingerprint density at radius 1 is 0.727 bits per heavy atom. The van der Waals surface area contributed by atoms with Crippen LogP contribution in [0.4, 0.5) is 9.59 Å². The van der Waals surface area contributed by atoms with E-state index < -0.39 is 71.1 Å². The molecule has 5 aromatic rings. The summed E-state index contributed by atoms with van der Waals surface area (Å²) in [6.45, 7) is 8.89. The molecule has 1 heterocycles. The van der Waals surface area contributed by atoms with Crippen LogP contribution >= 0.6 is 22.6 Å². The van der Waals surface area contributed by atoms with E-state index in [9.17, 15) is 9.59 Å². The van der Waals surface area contributed by atoms with Crippen molar-refractivity contribution >= 4 is 54.8 Å². The van der Waals surface area contributed by atoms with Crippen molar-refractivity contribution in [1.29, 1.82) is 0 Å². The van der Waals surface area contributed by atoms with Gasteiger partial charge in [0, 0.05) is 27.5 Å². The van der Waals surface area contributed by atoms with Crippen LogP contribution in [0.25, 0.3) is 11.4 Å². The number of methoxy groups -OCH3 is 3. The standard InChI is InChI=1S/C44H55IN8O11S2/c1-42(2,3)44(43(4,5)6,64-41(47)55)36(27-63-40(46)54)49-65(56,57)35-23-22-34(45)37(39-48-50-51-53(39)26-30-14-20-33(62-9)21-15-30)38(35)66(58,59)52(24-28-10-16-31(60-7)17-11-28)25-29-12-18-32(61-8)19-13-29/h10-23,36,49H,24-27H2,1-9H3,(H2,46,54)(H2,47,55). The van der Waals surface area contributed by atoms with Gasteiger partial charge in [-0.05, 0) is 98.2 Å². The first-order chi connectivity index (χ1) is 30.9. The molecule has 0 aliphatic rings. The van der Waals surface area contributed by atoms with Gasteiger partial charge in [-0.3, -0.25) is 0 Å². The number of nitrogens with one attached hydrogen (secondary N) is 1. The SMILES string of the molecule is COc1ccc(CN(Cc2ccc(OC)cc2)S(=O)(=O)c2c(S(=O)(=O)NC(COC(N)=O)C(OC(N)=O)(C(C)(C)C)C(C)(C)C)ccc(I)c2-c2nnnn2Cc2ccc(OC)cc2)cc1. The summed E-state index contributed by atoms with van der Waals surface area (Å²) in [5.74, 6) is 1.58. The van der Waals surface area contributed by atoms with Crippen LogP contribution < -0.4 is 30.4 Å². The Labute approximate surface area is 398 Å². The molecule has 2 amide bonds. The Balaban J connectivity index is 1.84. The first-order valence-electron chi connectivity index (χ1n) is 20.3. The van der Waals surface area contributed by atoms with Gasteiger partial charge in [0.1, 0.15) is 39.2 Å². The summed E-state index contributed by atoms with van der Waals surface area (Å²) >= 11 is 1.91. The summed E-state index contributed by atoms with van der Waals surface area (Å²) < 4.78 is 95.3. The second kappa shape index (κ2) is 20.5. The Kier molecular flexibility index (Phi) is 16.0. The van der Waals surface area contributed by atoms with Crippen LogP contribution in [0.15, 0.2) is 94.7 Å². The Bertz CT molecular complexity index is 2660. The fourth-order valence-corrected chi connectivity index (χ4v) is 12.7. The second-order valence-electron chi connectivity index (χ2n) is 17.2. The number of ether oxygens (including phenoxy) is 5. The van der Waals surface area contributed by atoms with Gasteiger partial charge in [0.15, 0.2) is 5.82 Å². The quantitative estimate of drug-likeness (QED) is 0.0793. The molecule has 356 valence electrons. The number of hydrogen-bond acceptors (Lipinski definition) is 14. The summed E-state index contributed by atoms with van der Waals surface area (Å²) in [7, 11) is -5.56. The molecule has 0 fully saturated rings. The predicted octanol–water partition coefficient (Wildman–Crippen LogP) is 6.08. The van der Waals surface area contributed by atoms with Crippen LogP contribution in [0.5, 0.6) is 17.2 Å². The van der Waals surface area contributed by atoms with Gasteiger partial charge in [0.2, 0.25) is 20.0 Å². The van der Waals surface area contributed by atoms with E-state index in [-0.39, 0.29) is 34.6 Å². The molecule has 19 nitrogen and oxygen atoms in total. The van der Waals surface area contributed by atoms with Crippen molar-refractivity contribution in [1.82, 2.24) is 29.2 Å². The van der Waals surface area contributed by atoms with Crippen LogP contribution in [0.2, 0.25) is 0 Å². The van der Waals surface area contributed by atoms with Gasteiger partial charge in [-0.2, -0.15) is 4.31 Å². The Morgan fingerprint density at radius 2 is 1.20 bits per heavy atom. The van der Waals surface area contributed by atoms with E-state index in [0.717, 1.165) is 10.4 Å². The van der Waals surface area contributed by atoms with Crippen molar-refractivity contribution in [3.8, 4) is 28.6 Å². The number of sulfonamides is 2. The van der Waals surface area contributed by atoms with E-state index in [4.69, 9.17) is 35.2 Å². The topological polar surface area (TPSA) is 259 Å². The minimum Gasteiger partial charge on any atom is -0.497 e. The summed E-state index contributed by atoms with van der Waals surface area (Å²) in [6, 6.07) is 21.5. The molecule has 1 aromatic heterocycles. The van der Waals surface area contributed by atoms with E-state index in [1.807, 2.05) is 22.6 Å². The first kappa shape index (κ1) is 51.4. The van der Waals surface area contributed by atoms with Crippen molar-refractivity contribution < 1.29 is 50.1 Å². The van der Waals surface area contributed by atoms with E-state index in [1.165, 1.54) is 32.1 Å². The van der Waals surface area contributed by atoms with Crippen LogP contribution in [-0.2, 0) is 49.2 Å². The molecular formula is C44H55IN8O11S2. The number of carbonyl (C=O) groups excluding carboxylic acids is 2. The number of benzene rings is 4. The lowest BCUT2D eigenvalue weighted by Crippen LogP contribution is -2.69. The zero-order valence-electron chi connectivity index (χ0n) is 38.1. The lowest BCUT2D eigenvalue weighted by molar-refractivity contribution is -0.162. The number of rotatable bonds is 19. The molecule has 22 heteroatoms. The van der Waals surface area contributed by atoms with E-state index in [2.05, 4.69) is 20.2 Å². The minimum absolute atomic E-state index is 0.0369. The van der Waals surface area contributed by atoms with Crippen molar-refractivity contribution in [2.75, 3.05) is 27.9 Å². The summed E-state index contributed by atoms with van der Waals surface area (Å²) in [4.78, 5) is 23.6. The van der Waals surface area contributed by atoms with Crippen molar-refractivity contribution in [3.63, 3.8) is 0 Å². The number of primary amides is 2. The monoisotopic (exact) mass is 1060 g/mol. The summed E-state index contributed by atoms with van der Waals surface area (Å²) in [6.07, 6.45) is -2.51. The summed E-state index contributed by atoms with van der Waals surface area (Å²) in [5, 5.41) is 12.4. The average Bonchev–Trinajstić information content (AvgIpc) is 3.70. The molecule has 0 saturated carbocycles. The van der Waals surface area contributed by atoms with Crippen LogP contribution in [0, 0.1) is 14.4 Å². The highest BCUT2D eigenvalue weighted by Gasteiger charge is 2.60. The summed E-state index contributed by atoms with van der Waals surface area (Å²) in [5.41, 5.74) is 8.60. The number of nitrogens with two attached hydrogens (primary N) is 2. The number of tetrazole rings is 1. The fraction of sp³-hybridized carbons (Fsp3) is 0.386. The number of nitrogens with zero attached hydrogens (tertiary/aromatic N) is 5. The average molecular weight is 1060 g/mol. The number of carbonyl (C=O) groups is 2. The molecule has 5 rings (SSSR count). The molecule has 1 atom stereocenters. The molecule has 0 aliphatic carbocycles. The van der Waals surface area contributed by atoms with Crippen LogP contribution in [0.3, 0.4) is 0 Å². The van der Waals surface area contributed by atoms with Gasteiger partial charge in [-0.25, -0.2) is 35.8 Å². The van der Waals surface area contributed by atoms with Crippen molar-refractivity contribution in [2.24, 2.45) is 22.3 Å². The highest BCUT2D eigenvalue weighted by atomic mass is 127. The fourth-order valence-electron chi connectivity index (χ4n) is 8.19. The van der Waals surface area contributed by atoms with E-state index >= 15 is 16.8 Å². The second-order valence-corrected chi connectivity index (χ2v) is 21.9. The van der Waals surface area contributed by atoms with Crippen molar-refractivity contribution in [3.05, 3.63) is 105 Å². The maximum absolute atomic E-state index is 15.9. The van der Waals surface area contributed by atoms with Gasteiger partial charge in [-0.15, -0.1) is 5.10 Å². The third-order valence-corrected chi connectivity index (χ3v) is 15.3. The maximum atomic E-state index is 15.9. The third-order valence-electron chi connectivity index (χ3n) is 10.9. The molecule has 4 aromatic carbocycles. The molecule has 0 saturated heterocycles. The zero-order valence-corrected chi connectivity index (χ0v) is 41.9. The van der Waals surface area contributed by atoms with E-state index in [1.54, 1.807) is 114 Å². The first-order valence-corrected chi connectivity index (χ1v) is 24.3. The molecule has 0 spiro atoms. The largest absolute Gasteiger partial charge is 0.497 e. The predicted molar refractivity (Wildman–Crippen MR) is 252 cm³/mol. The lowest BCUT2D eigenvalue weighted by atomic mass is 9.59. The molecule has 0 radical (unpaired) electrons. The van der Waals surface area contributed by atoms with Gasteiger partial charge < -0.3 is 35.2 Å². The molecule has 5 N–H and O–H groups in total. The maximum Gasteiger partial charge on any atom is 0.405 e. The smallest absolute Gasteiger partial charge is 0.405 e. The Morgan fingerprint density at radius 3 is 1.62 bits per heavy atom. The normalized spacial score (nSPS) is 13.0.